The van der Waals surface area contributed by atoms with Crippen LogP contribution in [-0.4, -0.2) is 5.11 Å². The highest BCUT2D eigenvalue weighted by molar-refractivity contribution is 9.10. The van der Waals surface area contributed by atoms with E-state index in [9.17, 15) is 5.11 Å². The van der Waals surface area contributed by atoms with E-state index in [2.05, 4.69) is 22.0 Å². The van der Waals surface area contributed by atoms with Crippen LogP contribution in [0.4, 0.5) is 0 Å². The molecule has 3 rings (SSSR count). The molecule has 2 aliphatic rings. The molecule has 1 aromatic rings. The lowest BCUT2D eigenvalue weighted by Crippen LogP contribution is -2.10. The van der Waals surface area contributed by atoms with E-state index in [1.807, 2.05) is 18.2 Å². The maximum Gasteiger partial charge on any atom is 0.0971 e. The van der Waals surface area contributed by atoms with Crippen LogP contribution in [0, 0.1) is 11.8 Å². The van der Waals surface area contributed by atoms with Gasteiger partial charge in [-0.3, -0.25) is 0 Å². The summed E-state index contributed by atoms with van der Waals surface area (Å²) in [5.74, 6) is 1.04. The SMILES string of the molecule is OC1(c2ccccc2Br)C2CCCCC21. The minimum Gasteiger partial charge on any atom is -0.385 e. The molecule has 80 valence electrons. The molecule has 1 N–H and O–H groups in total. The van der Waals surface area contributed by atoms with E-state index in [0.29, 0.717) is 11.8 Å². The van der Waals surface area contributed by atoms with Gasteiger partial charge in [0.2, 0.25) is 0 Å². The van der Waals surface area contributed by atoms with E-state index in [4.69, 9.17) is 0 Å². The van der Waals surface area contributed by atoms with Crippen LogP contribution in [0.25, 0.3) is 0 Å². The second kappa shape index (κ2) is 3.33. The van der Waals surface area contributed by atoms with Gasteiger partial charge in [0.05, 0.1) is 5.60 Å². The second-order valence-corrected chi connectivity index (χ2v) is 5.66. The summed E-state index contributed by atoms with van der Waals surface area (Å²) in [6.07, 6.45) is 4.97. The summed E-state index contributed by atoms with van der Waals surface area (Å²) in [7, 11) is 0. The molecule has 0 bridgehead atoms. The van der Waals surface area contributed by atoms with Gasteiger partial charge in [-0.25, -0.2) is 0 Å². The second-order valence-electron chi connectivity index (χ2n) is 4.80. The van der Waals surface area contributed by atoms with Crippen molar-refractivity contribution in [3.63, 3.8) is 0 Å². The van der Waals surface area contributed by atoms with Crippen molar-refractivity contribution in [1.82, 2.24) is 0 Å². The zero-order valence-corrected chi connectivity index (χ0v) is 10.2. The molecule has 2 atom stereocenters. The van der Waals surface area contributed by atoms with Gasteiger partial charge in [0, 0.05) is 4.47 Å². The number of aliphatic hydroxyl groups is 1. The van der Waals surface area contributed by atoms with Crippen molar-refractivity contribution >= 4 is 15.9 Å². The monoisotopic (exact) mass is 266 g/mol. The fraction of sp³-hybridized carbons (Fsp3) is 0.538. The Hall–Kier alpha value is -0.340. The van der Waals surface area contributed by atoms with Gasteiger partial charge in [0.1, 0.15) is 0 Å². The number of hydrogen-bond acceptors (Lipinski definition) is 1. The Kier molecular flexibility index (Phi) is 2.18. The lowest BCUT2D eigenvalue weighted by molar-refractivity contribution is 0.117. The summed E-state index contributed by atoms with van der Waals surface area (Å²) >= 11 is 3.55. The van der Waals surface area contributed by atoms with Gasteiger partial charge >= 0.3 is 0 Å². The van der Waals surface area contributed by atoms with E-state index in [-0.39, 0.29) is 0 Å². The van der Waals surface area contributed by atoms with Gasteiger partial charge in [-0.2, -0.15) is 0 Å². The van der Waals surface area contributed by atoms with Crippen LogP contribution in [-0.2, 0) is 5.60 Å². The normalized spacial score (nSPS) is 38.5. The van der Waals surface area contributed by atoms with E-state index in [1.165, 1.54) is 25.7 Å². The molecule has 2 unspecified atom stereocenters. The highest BCUT2D eigenvalue weighted by Gasteiger charge is 2.65. The Morgan fingerprint density at radius 2 is 1.73 bits per heavy atom. The van der Waals surface area contributed by atoms with Crippen LogP contribution in [0.3, 0.4) is 0 Å². The molecular weight excluding hydrogens is 252 g/mol. The minimum absolute atomic E-state index is 0.517. The predicted molar refractivity (Wildman–Crippen MR) is 63.5 cm³/mol. The molecule has 1 nitrogen and oxygen atoms in total. The quantitative estimate of drug-likeness (QED) is 0.826. The maximum atomic E-state index is 10.7. The molecule has 0 amide bonds. The molecule has 0 aromatic heterocycles. The molecule has 0 radical (unpaired) electrons. The third kappa shape index (κ3) is 1.31. The van der Waals surface area contributed by atoms with Crippen molar-refractivity contribution in [3.8, 4) is 0 Å². The van der Waals surface area contributed by atoms with Gasteiger partial charge in [-0.05, 0) is 36.3 Å². The lowest BCUT2D eigenvalue weighted by Gasteiger charge is -2.12. The highest BCUT2D eigenvalue weighted by Crippen LogP contribution is 2.65. The van der Waals surface area contributed by atoms with Crippen LogP contribution >= 0.6 is 15.9 Å². The highest BCUT2D eigenvalue weighted by atomic mass is 79.9. The lowest BCUT2D eigenvalue weighted by atomic mass is 10.0. The van der Waals surface area contributed by atoms with Gasteiger partial charge < -0.3 is 5.11 Å². The molecule has 0 heterocycles. The summed E-state index contributed by atoms with van der Waals surface area (Å²) in [6.45, 7) is 0. The molecule has 15 heavy (non-hydrogen) atoms. The van der Waals surface area contributed by atoms with Gasteiger partial charge in [-0.15, -0.1) is 0 Å². The van der Waals surface area contributed by atoms with Crippen molar-refractivity contribution in [3.05, 3.63) is 34.3 Å². The number of hydrogen-bond donors (Lipinski definition) is 1. The first-order valence-corrected chi connectivity index (χ1v) is 6.51. The Morgan fingerprint density at radius 1 is 1.13 bits per heavy atom. The summed E-state index contributed by atoms with van der Waals surface area (Å²) in [5, 5.41) is 10.7. The third-order valence-electron chi connectivity index (χ3n) is 4.09. The Morgan fingerprint density at radius 3 is 2.33 bits per heavy atom. The van der Waals surface area contributed by atoms with Gasteiger partial charge in [-0.1, -0.05) is 47.0 Å². The number of fused-ring (bicyclic) bond motifs is 1. The Bertz CT molecular complexity index is 376. The average molecular weight is 267 g/mol. The first-order valence-electron chi connectivity index (χ1n) is 5.72. The van der Waals surface area contributed by atoms with E-state index >= 15 is 0 Å². The smallest absolute Gasteiger partial charge is 0.0971 e. The third-order valence-corrected chi connectivity index (χ3v) is 4.78. The molecule has 2 heteroatoms. The molecule has 2 saturated carbocycles. The largest absolute Gasteiger partial charge is 0.385 e. The first-order chi connectivity index (χ1) is 7.24. The van der Waals surface area contributed by atoms with Crippen molar-refractivity contribution in [2.24, 2.45) is 11.8 Å². The van der Waals surface area contributed by atoms with Crippen LogP contribution in [0.2, 0.25) is 0 Å². The fourth-order valence-corrected chi connectivity index (χ4v) is 3.88. The number of benzene rings is 1. The standard InChI is InChI=1S/C13H15BrO/c14-12-8-4-3-7-11(12)13(15)9-5-1-2-6-10(9)13/h3-4,7-10,15H,1-2,5-6H2. The number of halogens is 1. The molecule has 1 aromatic carbocycles. The van der Waals surface area contributed by atoms with Crippen LogP contribution in [0.1, 0.15) is 31.2 Å². The van der Waals surface area contributed by atoms with E-state index in [1.54, 1.807) is 0 Å². The molecule has 0 saturated heterocycles. The summed E-state index contributed by atoms with van der Waals surface area (Å²) in [6, 6.07) is 8.10. The fourth-order valence-electron chi connectivity index (χ4n) is 3.28. The Balaban J connectivity index is 1.98. The number of rotatable bonds is 1. The summed E-state index contributed by atoms with van der Waals surface area (Å²) < 4.78 is 1.06. The zero-order chi connectivity index (χ0) is 10.5. The van der Waals surface area contributed by atoms with Crippen molar-refractivity contribution in [2.45, 2.75) is 31.3 Å². The van der Waals surface area contributed by atoms with Crippen LogP contribution in [0.15, 0.2) is 28.7 Å². The van der Waals surface area contributed by atoms with Crippen molar-refractivity contribution < 1.29 is 5.11 Å². The van der Waals surface area contributed by atoms with Gasteiger partial charge in [0.25, 0.3) is 0 Å². The minimum atomic E-state index is -0.517. The molecule has 2 fully saturated rings. The van der Waals surface area contributed by atoms with E-state index in [0.717, 1.165) is 10.0 Å². The maximum absolute atomic E-state index is 10.7. The molecule has 0 aliphatic heterocycles. The molecular formula is C13H15BrO. The van der Waals surface area contributed by atoms with Crippen molar-refractivity contribution in [1.29, 1.82) is 0 Å². The zero-order valence-electron chi connectivity index (χ0n) is 8.62. The Labute approximate surface area is 98.6 Å². The van der Waals surface area contributed by atoms with Gasteiger partial charge in [0.15, 0.2) is 0 Å². The van der Waals surface area contributed by atoms with Crippen molar-refractivity contribution in [2.75, 3.05) is 0 Å². The first kappa shape index (κ1) is 9.86. The predicted octanol–water partition coefficient (Wildman–Crippen LogP) is 3.46. The summed E-state index contributed by atoms with van der Waals surface area (Å²) in [5.41, 5.74) is 0.582. The average Bonchev–Trinajstić information content (AvgIpc) is 2.87. The summed E-state index contributed by atoms with van der Waals surface area (Å²) in [4.78, 5) is 0. The van der Waals surface area contributed by atoms with Crippen LogP contribution in [0.5, 0.6) is 0 Å². The van der Waals surface area contributed by atoms with Crippen LogP contribution < -0.4 is 0 Å². The van der Waals surface area contributed by atoms with E-state index < -0.39 is 5.60 Å². The molecule has 2 aliphatic carbocycles. The topological polar surface area (TPSA) is 20.2 Å². The molecule has 0 spiro atoms.